The van der Waals surface area contributed by atoms with Crippen LogP contribution < -0.4 is 10.2 Å². The molecule has 176 valence electrons. The third kappa shape index (κ3) is 5.80. The lowest BCUT2D eigenvalue weighted by Crippen LogP contribution is -2.36. The van der Waals surface area contributed by atoms with Gasteiger partial charge in [0, 0.05) is 36.7 Å². The lowest BCUT2D eigenvalue weighted by molar-refractivity contribution is 0.00707. The predicted molar refractivity (Wildman–Crippen MR) is 132 cm³/mol. The van der Waals surface area contributed by atoms with Crippen LogP contribution >= 0.6 is 0 Å². The minimum atomic E-state index is -0.658. The number of carbonyl (C=O) groups excluding carboxylic acids is 2. The molecule has 7 nitrogen and oxygen atoms in total. The van der Waals surface area contributed by atoms with Gasteiger partial charge in [-0.15, -0.1) is 0 Å². The Morgan fingerprint density at radius 3 is 2.41 bits per heavy atom. The number of nitrogens with zero attached hydrogens (tertiary/aromatic N) is 2. The Hall–Kier alpha value is -3.71. The molecule has 34 heavy (non-hydrogen) atoms. The summed E-state index contributed by atoms with van der Waals surface area (Å²) in [6.07, 6.45) is 3.23. The summed E-state index contributed by atoms with van der Waals surface area (Å²) in [5.74, 6) is -0.846. The van der Waals surface area contributed by atoms with Crippen molar-refractivity contribution in [1.29, 1.82) is 0 Å². The molecule has 1 amide bonds. The number of aromatic nitrogens is 1. The lowest BCUT2D eigenvalue weighted by Gasteiger charge is -2.29. The lowest BCUT2D eigenvalue weighted by atomic mass is 10.1. The van der Waals surface area contributed by atoms with Gasteiger partial charge in [0.2, 0.25) is 0 Å². The van der Waals surface area contributed by atoms with Gasteiger partial charge in [-0.3, -0.25) is 9.78 Å². The molecule has 4 rings (SSSR count). The van der Waals surface area contributed by atoms with Crippen LogP contribution in [0.5, 0.6) is 0 Å². The first-order valence-electron chi connectivity index (χ1n) is 11.3. The minimum absolute atomic E-state index is 0.299. The van der Waals surface area contributed by atoms with Gasteiger partial charge in [-0.2, -0.15) is 0 Å². The molecule has 1 saturated heterocycles. The monoisotopic (exact) mass is 459 g/mol. The van der Waals surface area contributed by atoms with E-state index < -0.39 is 11.6 Å². The summed E-state index contributed by atoms with van der Waals surface area (Å²) in [5, 5.41) is 2.91. The maximum Gasteiger partial charge on any atom is 0.340 e. The highest BCUT2D eigenvalue weighted by molar-refractivity contribution is 6.08. The van der Waals surface area contributed by atoms with E-state index in [0.717, 1.165) is 29.9 Å². The molecular formula is C27H29N3O4. The summed E-state index contributed by atoms with van der Waals surface area (Å²) in [4.78, 5) is 32.5. The molecule has 2 aromatic carbocycles. The number of rotatable bonds is 5. The number of esters is 1. The maximum atomic E-state index is 13.2. The van der Waals surface area contributed by atoms with E-state index in [-0.39, 0.29) is 5.91 Å². The molecule has 1 aliphatic rings. The van der Waals surface area contributed by atoms with Crippen LogP contribution in [-0.2, 0) is 9.47 Å². The molecule has 2 heterocycles. The number of ether oxygens (including phenoxy) is 2. The fourth-order valence-electron chi connectivity index (χ4n) is 3.71. The molecule has 0 bridgehead atoms. The van der Waals surface area contributed by atoms with Gasteiger partial charge in [0.25, 0.3) is 5.91 Å². The highest BCUT2D eigenvalue weighted by atomic mass is 16.6. The normalized spacial score (nSPS) is 13.9. The average molecular weight is 460 g/mol. The zero-order chi connectivity index (χ0) is 24.1. The highest BCUT2D eigenvalue weighted by Gasteiger charge is 2.23. The average Bonchev–Trinajstić information content (AvgIpc) is 2.84. The van der Waals surface area contributed by atoms with Crippen LogP contribution in [-0.4, -0.2) is 48.8 Å². The van der Waals surface area contributed by atoms with Crippen LogP contribution in [0.15, 0.2) is 67.0 Å². The van der Waals surface area contributed by atoms with Gasteiger partial charge in [0.15, 0.2) is 0 Å². The largest absolute Gasteiger partial charge is 0.456 e. The number of hydrogen-bond donors (Lipinski definition) is 1. The van der Waals surface area contributed by atoms with Gasteiger partial charge < -0.3 is 19.7 Å². The number of benzene rings is 2. The molecule has 7 heteroatoms. The van der Waals surface area contributed by atoms with Crippen LogP contribution in [0.4, 0.5) is 11.4 Å². The molecule has 0 aliphatic carbocycles. The first kappa shape index (κ1) is 23.4. The minimum Gasteiger partial charge on any atom is -0.456 e. The molecule has 1 N–H and O–H groups in total. The molecule has 0 saturated carbocycles. The second-order valence-corrected chi connectivity index (χ2v) is 9.11. The van der Waals surface area contributed by atoms with E-state index in [9.17, 15) is 9.59 Å². The van der Waals surface area contributed by atoms with Crippen molar-refractivity contribution in [2.75, 3.05) is 36.5 Å². The Kier molecular flexibility index (Phi) is 6.93. The number of hydrogen-bond acceptors (Lipinski definition) is 6. The fraction of sp³-hybridized carbons (Fsp3) is 0.296. The first-order valence-corrected chi connectivity index (χ1v) is 11.3. The quantitative estimate of drug-likeness (QED) is 0.553. The van der Waals surface area contributed by atoms with E-state index >= 15 is 0 Å². The summed E-state index contributed by atoms with van der Waals surface area (Å²) in [6.45, 7) is 8.18. The number of amides is 1. The summed E-state index contributed by atoms with van der Waals surface area (Å²) in [6, 6.07) is 16.9. The van der Waals surface area contributed by atoms with Gasteiger partial charge in [0.1, 0.15) is 5.60 Å². The van der Waals surface area contributed by atoms with Crippen molar-refractivity contribution in [2.45, 2.75) is 26.4 Å². The zero-order valence-corrected chi connectivity index (χ0v) is 19.7. The standard InChI is InChI=1S/C27H29N3O4/c1-27(2,3)34-26(32)23-10-9-22(30-11-13-33-14-12-30)16-24(23)29-25(31)21-15-20(17-28-18-21)19-7-5-4-6-8-19/h4-10,15-18H,11-14H2,1-3H3,(H,29,31). The highest BCUT2D eigenvalue weighted by Crippen LogP contribution is 2.28. The molecule has 0 unspecified atom stereocenters. The number of carbonyl (C=O) groups is 2. The number of nitrogens with one attached hydrogen (secondary N) is 1. The van der Waals surface area contributed by atoms with Crippen LogP contribution in [0.25, 0.3) is 11.1 Å². The van der Waals surface area contributed by atoms with Crippen molar-refractivity contribution in [3.63, 3.8) is 0 Å². The van der Waals surface area contributed by atoms with E-state index in [1.54, 1.807) is 18.3 Å². The van der Waals surface area contributed by atoms with Crippen LogP contribution in [0.2, 0.25) is 0 Å². The van der Waals surface area contributed by atoms with Crippen molar-refractivity contribution < 1.29 is 19.1 Å². The fourth-order valence-corrected chi connectivity index (χ4v) is 3.71. The molecule has 0 atom stereocenters. The first-order chi connectivity index (χ1) is 16.3. The Morgan fingerprint density at radius 1 is 0.971 bits per heavy atom. The summed E-state index contributed by atoms with van der Waals surface area (Å²) in [5.41, 5.74) is 3.14. The van der Waals surface area contributed by atoms with Crippen molar-refractivity contribution in [1.82, 2.24) is 4.98 Å². The number of pyridine rings is 1. The molecular weight excluding hydrogens is 430 g/mol. The van der Waals surface area contributed by atoms with Crippen molar-refractivity contribution in [3.05, 3.63) is 78.1 Å². The SMILES string of the molecule is CC(C)(C)OC(=O)c1ccc(N2CCOCC2)cc1NC(=O)c1cncc(-c2ccccc2)c1. The Balaban J connectivity index is 1.64. The third-order valence-corrected chi connectivity index (χ3v) is 5.35. The smallest absolute Gasteiger partial charge is 0.340 e. The molecule has 3 aromatic rings. The summed E-state index contributed by atoms with van der Waals surface area (Å²) >= 11 is 0. The topological polar surface area (TPSA) is 80.8 Å². The van der Waals surface area contributed by atoms with E-state index in [4.69, 9.17) is 9.47 Å². The van der Waals surface area contributed by atoms with Crippen LogP contribution in [0.3, 0.4) is 0 Å². The Bertz CT molecular complexity index is 1170. The molecule has 0 radical (unpaired) electrons. The molecule has 1 fully saturated rings. The molecule has 1 aliphatic heterocycles. The molecule has 1 aromatic heterocycles. The number of anilines is 2. The van der Waals surface area contributed by atoms with Crippen LogP contribution in [0.1, 0.15) is 41.5 Å². The number of morpholine rings is 1. The third-order valence-electron chi connectivity index (χ3n) is 5.35. The summed E-state index contributed by atoms with van der Waals surface area (Å²) in [7, 11) is 0. The second-order valence-electron chi connectivity index (χ2n) is 9.11. The second kappa shape index (κ2) is 10.1. The van der Waals surface area contributed by atoms with E-state index in [1.165, 1.54) is 6.20 Å². The predicted octanol–water partition coefficient (Wildman–Crippen LogP) is 4.79. The van der Waals surface area contributed by atoms with Gasteiger partial charge in [-0.05, 0) is 50.6 Å². The van der Waals surface area contributed by atoms with Crippen LogP contribution in [0, 0.1) is 0 Å². The van der Waals surface area contributed by atoms with Crippen molar-refractivity contribution >= 4 is 23.3 Å². The van der Waals surface area contributed by atoms with Gasteiger partial charge in [-0.1, -0.05) is 30.3 Å². The van der Waals surface area contributed by atoms with Crippen molar-refractivity contribution in [2.24, 2.45) is 0 Å². The van der Waals surface area contributed by atoms with Crippen molar-refractivity contribution in [3.8, 4) is 11.1 Å². The summed E-state index contributed by atoms with van der Waals surface area (Å²) < 4.78 is 11.0. The van der Waals surface area contributed by atoms with E-state index in [1.807, 2.05) is 63.2 Å². The van der Waals surface area contributed by atoms with E-state index in [2.05, 4.69) is 15.2 Å². The Morgan fingerprint density at radius 2 is 1.71 bits per heavy atom. The van der Waals surface area contributed by atoms with Gasteiger partial charge >= 0.3 is 5.97 Å². The molecule has 0 spiro atoms. The van der Waals surface area contributed by atoms with Gasteiger partial charge in [-0.25, -0.2) is 4.79 Å². The zero-order valence-electron chi connectivity index (χ0n) is 19.7. The maximum absolute atomic E-state index is 13.2. The van der Waals surface area contributed by atoms with Gasteiger partial charge in [0.05, 0.1) is 30.0 Å². The van der Waals surface area contributed by atoms with E-state index in [0.29, 0.717) is 30.0 Å². The Labute approximate surface area is 199 Å².